The molecule has 2 amide bonds. The van der Waals surface area contributed by atoms with Gasteiger partial charge in [-0.1, -0.05) is 18.2 Å². The summed E-state index contributed by atoms with van der Waals surface area (Å²) in [6.07, 6.45) is 3.69. The highest BCUT2D eigenvalue weighted by Gasteiger charge is 2.38. The zero-order valence-electron chi connectivity index (χ0n) is 17.0. The molecule has 2 aromatic rings. The number of anilines is 2. The van der Waals surface area contributed by atoms with Gasteiger partial charge in [0.2, 0.25) is 11.8 Å². The molecule has 2 saturated heterocycles. The first-order valence-electron chi connectivity index (χ1n) is 10.2. The number of para-hydroxylation sites is 1. The van der Waals surface area contributed by atoms with Crippen LogP contribution in [0.2, 0.25) is 0 Å². The largest absolute Gasteiger partial charge is 0.356 e. The van der Waals surface area contributed by atoms with Gasteiger partial charge < -0.3 is 14.7 Å². The zero-order chi connectivity index (χ0) is 20.4. The van der Waals surface area contributed by atoms with E-state index in [1.807, 2.05) is 48.2 Å². The van der Waals surface area contributed by atoms with Crippen LogP contribution >= 0.6 is 0 Å². The molecular weight excluding hydrogens is 366 g/mol. The molecule has 2 fully saturated rings. The molecule has 2 aliphatic heterocycles. The molecule has 4 rings (SSSR count). The molecule has 0 aliphatic carbocycles. The molecule has 0 N–H and O–H groups in total. The molecule has 29 heavy (non-hydrogen) atoms. The normalized spacial score (nSPS) is 20.2. The molecular formula is C22H27N5O2. The second-order valence-electron chi connectivity index (χ2n) is 7.93. The van der Waals surface area contributed by atoms with Gasteiger partial charge in [0.15, 0.2) is 0 Å². The predicted molar refractivity (Wildman–Crippen MR) is 112 cm³/mol. The summed E-state index contributed by atoms with van der Waals surface area (Å²) in [5.41, 5.74) is 1.82. The van der Waals surface area contributed by atoms with Gasteiger partial charge in [0.1, 0.15) is 12.1 Å². The molecule has 7 nitrogen and oxygen atoms in total. The molecule has 0 spiro atoms. The molecule has 0 radical (unpaired) electrons. The van der Waals surface area contributed by atoms with Gasteiger partial charge in [-0.15, -0.1) is 0 Å². The molecule has 152 valence electrons. The third kappa shape index (κ3) is 4.09. The number of nitrogens with zero attached hydrogens (tertiary/aromatic N) is 5. The number of carbonyl (C=O) groups is 2. The second kappa shape index (κ2) is 8.19. The minimum atomic E-state index is -0.249. The van der Waals surface area contributed by atoms with Crippen molar-refractivity contribution in [2.24, 2.45) is 5.92 Å². The van der Waals surface area contributed by atoms with Gasteiger partial charge in [-0.3, -0.25) is 9.59 Å². The Balaban J connectivity index is 1.34. The number of likely N-dealkylation sites (tertiary alicyclic amines) is 1. The first kappa shape index (κ1) is 19.4. The summed E-state index contributed by atoms with van der Waals surface area (Å²) in [6.45, 7) is 3.87. The molecule has 1 aromatic carbocycles. The number of rotatable bonds is 4. The van der Waals surface area contributed by atoms with Gasteiger partial charge in [0.25, 0.3) is 0 Å². The van der Waals surface area contributed by atoms with Gasteiger partial charge in [-0.2, -0.15) is 0 Å². The van der Waals surface area contributed by atoms with Gasteiger partial charge in [0.05, 0.1) is 5.92 Å². The van der Waals surface area contributed by atoms with Crippen molar-refractivity contribution in [2.45, 2.75) is 32.2 Å². The highest BCUT2D eigenvalue weighted by Crippen LogP contribution is 2.28. The van der Waals surface area contributed by atoms with E-state index >= 15 is 0 Å². The summed E-state index contributed by atoms with van der Waals surface area (Å²) >= 11 is 0. The number of amides is 2. The summed E-state index contributed by atoms with van der Waals surface area (Å²) in [4.78, 5) is 39.8. The average molecular weight is 393 g/mol. The van der Waals surface area contributed by atoms with Crippen molar-refractivity contribution in [1.82, 2.24) is 14.9 Å². The van der Waals surface area contributed by atoms with Crippen LogP contribution in [0.3, 0.4) is 0 Å². The summed E-state index contributed by atoms with van der Waals surface area (Å²) in [7, 11) is 2.05. The first-order chi connectivity index (χ1) is 14.0. The summed E-state index contributed by atoms with van der Waals surface area (Å²) in [5, 5.41) is 0. The molecule has 1 unspecified atom stereocenters. The second-order valence-corrected chi connectivity index (χ2v) is 7.93. The maximum absolute atomic E-state index is 13.0. The lowest BCUT2D eigenvalue weighted by Gasteiger charge is -2.38. The van der Waals surface area contributed by atoms with Crippen molar-refractivity contribution in [3.63, 3.8) is 0 Å². The number of hydrogen-bond acceptors (Lipinski definition) is 5. The van der Waals surface area contributed by atoms with Gasteiger partial charge in [-0.25, -0.2) is 9.97 Å². The highest BCUT2D eigenvalue weighted by atomic mass is 16.2. The number of aryl methyl sites for hydroxylation is 1. The molecule has 3 heterocycles. The topological polar surface area (TPSA) is 69.6 Å². The third-order valence-electron chi connectivity index (χ3n) is 6.02. The summed E-state index contributed by atoms with van der Waals surface area (Å²) in [6, 6.07) is 11.9. The SMILES string of the molecule is Cc1cc(N(C)C2CCN(C(=O)C3CC(=O)N(c4ccccc4)C3)CC2)ncn1. The Morgan fingerprint density at radius 2 is 1.86 bits per heavy atom. The predicted octanol–water partition coefficient (Wildman–Crippen LogP) is 2.27. The van der Waals surface area contributed by atoms with E-state index in [2.05, 4.69) is 21.9 Å². The smallest absolute Gasteiger partial charge is 0.228 e. The van der Waals surface area contributed by atoms with Crippen LogP contribution in [-0.4, -0.2) is 59.4 Å². The first-order valence-corrected chi connectivity index (χ1v) is 10.2. The fourth-order valence-electron chi connectivity index (χ4n) is 4.28. The molecule has 1 aromatic heterocycles. The highest BCUT2D eigenvalue weighted by molar-refractivity contribution is 6.00. The van der Waals surface area contributed by atoms with Gasteiger partial charge in [0, 0.05) is 56.6 Å². The zero-order valence-corrected chi connectivity index (χ0v) is 17.0. The van der Waals surface area contributed by atoms with E-state index in [9.17, 15) is 9.59 Å². The van der Waals surface area contributed by atoms with E-state index in [-0.39, 0.29) is 17.7 Å². The van der Waals surface area contributed by atoms with E-state index < -0.39 is 0 Å². The minimum absolute atomic E-state index is 0.0308. The van der Waals surface area contributed by atoms with Crippen LogP contribution in [0.25, 0.3) is 0 Å². The monoisotopic (exact) mass is 393 g/mol. The van der Waals surface area contributed by atoms with Crippen LogP contribution in [0.15, 0.2) is 42.7 Å². The number of benzene rings is 1. The number of hydrogen-bond donors (Lipinski definition) is 0. The van der Waals surface area contributed by atoms with Crippen molar-refractivity contribution in [1.29, 1.82) is 0 Å². The summed E-state index contributed by atoms with van der Waals surface area (Å²) < 4.78 is 0. The number of carbonyl (C=O) groups excluding carboxylic acids is 2. The molecule has 2 aliphatic rings. The maximum Gasteiger partial charge on any atom is 0.228 e. The Bertz CT molecular complexity index is 880. The lowest BCUT2D eigenvalue weighted by atomic mass is 10.0. The Kier molecular flexibility index (Phi) is 5.47. The Hall–Kier alpha value is -2.96. The summed E-state index contributed by atoms with van der Waals surface area (Å²) in [5.74, 6) is 0.808. The Labute approximate surface area is 171 Å². The van der Waals surface area contributed by atoms with Crippen LogP contribution in [0.5, 0.6) is 0 Å². The average Bonchev–Trinajstić information content (AvgIpc) is 3.15. The van der Waals surface area contributed by atoms with Crippen molar-refractivity contribution in [2.75, 3.05) is 36.5 Å². The lowest BCUT2D eigenvalue weighted by molar-refractivity contribution is -0.136. The van der Waals surface area contributed by atoms with Crippen molar-refractivity contribution in [3.8, 4) is 0 Å². The quantitative estimate of drug-likeness (QED) is 0.797. The fourth-order valence-corrected chi connectivity index (χ4v) is 4.28. The van der Waals surface area contributed by atoms with Gasteiger partial charge in [-0.05, 0) is 31.9 Å². The van der Waals surface area contributed by atoms with Crippen LogP contribution in [0.1, 0.15) is 25.0 Å². The standard InChI is InChI=1S/C22H27N5O2/c1-16-12-20(24-15-23-16)25(2)18-8-10-26(11-9-18)22(29)17-13-21(28)27(14-17)19-6-4-3-5-7-19/h3-7,12,15,17-18H,8-11,13-14H2,1-2H3. The van der Waals surface area contributed by atoms with Crippen LogP contribution < -0.4 is 9.80 Å². The van der Waals surface area contributed by atoms with Crippen LogP contribution in [0.4, 0.5) is 11.5 Å². The van der Waals surface area contributed by atoms with E-state index in [0.717, 1.165) is 30.0 Å². The third-order valence-corrected chi connectivity index (χ3v) is 6.02. The molecule has 0 saturated carbocycles. The lowest BCUT2D eigenvalue weighted by Crippen LogP contribution is -2.47. The van der Waals surface area contributed by atoms with Crippen LogP contribution in [0, 0.1) is 12.8 Å². The Morgan fingerprint density at radius 1 is 1.14 bits per heavy atom. The van der Waals surface area contributed by atoms with E-state index in [0.29, 0.717) is 32.1 Å². The maximum atomic E-state index is 13.0. The van der Waals surface area contributed by atoms with Gasteiger partial charge >= 0.3 is 0 Å². The van der Waals surface area contributed by atoms with Crippen molar-refractivity contribution in [3.05, 3.63) is 48.4 Å². The van der Waals surface area contributed by atoms with E-state index in [1.165, 1.54) is 0 Å². The van der Waals surface area contributed by atoms with Crippen LogP contribution in [-0.2, 0) is 9.59 Å². The molecule has 7 heteroatoms. The van der Waals surface area contributed by atoms with Crippen molar-refractivity contribution >= 4 is 23.3 Å². The number of piperidine rings is 1. The molecule has 0 bridgehead atoms. The minimum Gasteiger partial charge on any atom is -0.356 e. The Morgan fingerprint density at radius 3 is 2.55 bits per heavy atom. The fraction of sp³-hybridized carbons (Fsp3) is 0.455. The van der Waals surface area contributed by atoms with E-state index in [4.69, 9.17) is 0 Å². The number of aromatic nitrogens is 2. The van der Waals surface area contributed by atoms with Crippen molar-refractivity contribution < 1.29 is 9.59 Å². The van der Waals surface area contributed by atoms with E-state index in [1.54, 1.807) is 11.2 Å². The molecule has 1 atom stereocenters.